The van der Waals surface area contributed by atoms with Crippen LogP contribution >= 0.6 is 47.8 Å². The highest BCUT2D eigenvalue weighted by Crippen LogP contribution is 2.29. The number of hydrogen-bond acceptors (Lipinski definition) is 8. The van der Waals surface area contributed by atoms with Gasteiger partial charge in [-0.05, 0) is 102 Å². The Hall–Kier alpha value is -0.780. The van der Waals surface area contributed by atoms with Crippen molar-refractivity contribution in [2.24, 2.45) is 0 Å². The standard InChI is InChI=1S/C15H24BrNO4S.C9H12BrNO2S.C6H13BrO2/c1-6-20-14(21-7-2)10-17(22(5,18)19)13-8-11(3)15(16)12(4)9-13;1-6-4-8(11-14(3,12)13)5-7(2)9(6)10;1-3-8-6(5-7)9-4-2/h8-9,14H,6-7,10H2,1-5H3;4-5,11H,1-3H3;6H,3-5H2,1-2H3. The number of rotatable bonds is 15. The molecule has 0 bridgehead atoms. The molecule has 15 heteroatoms. The Labute approximate surface area is 296 Å². The lowest BCUT2D eigenvalue weighted by atomic mass is 10.1. The highest BCUT2D eigenvalue weighted by Gasteiger charge is 2.23. The molecule has 0 unspecified atom stereocenters. The van der Waals surface area contributed by atoms with Crippen molar-refractivity contribution in [3.63, 3.8) is 0 Å². The fourth-order valence-electron chi connectivity index (χ4n) is 3.89. The first-order valence-electron chi connectivity index (χ1n) is 14.4. The second-order valence-corrected chi connectivity index (χ2v) is 15.7. The molecule has 0 fully saturated rings. The van der Waals surface area contributed by atoms with Gasteiger partial charge >= 0.3 is 0 Å². The molecule has 0 aliphatic heterocycles. The Morgan fingerprint density at radius 2 is 1.04 bits per heavy atom. The first-order chi connectivity index (χ1) is 20.8. The molecule has 0 radical (unpaired) electrons. The lowest BCUT2D eigenvalue weighted by molar-refractivity contribution is -0.128. The van der Waals surface area contributed by atoms with Gasteiger partial charge in [0.1, 0.15) is 0 Å². The number of aryl methyl sites for hydroxylation is 4. The maximum absolute atomic E-state index is 12.2. The van der Waals surface area contributed by atoms with Crippen molar-refractivity contribution < 1.29 is 35.8 Å². The van der Waals surface area contributed by atoms with E-state index in [1.807, 2.05) is 67.5 Å². The van der Waals surface area contributed by atoms with Gasteiger partial charge in [-0.15, -0.1) is 0 Å². The molecule has 0 saturated heterocycles. The van der Waals surface area contributed by atoms with Crippen LogP contribution in [0.5, 0.6) is 0 Å². The number of anilines is 2. The summed E-state index contributed by atoms with van der Waals surface area (Å²) in [6.45, 7) is 17.8. The van der Waals surface area contributed by atoms with Crippen LogP contribution < -0.4 is 9.03 Å². The van der Waals surface area contributed by atoms with Crippen LogP contribution in [-0.2, 0) is 39.0 Å². The first kappa shape index (κ1) is 44.2. The van der Waals surface area contributed by atoms with E-state index in [0.717, 1.165) is 42.8 Å². The van der Waals surface area contributed by atoms with E-state index in [9.17, 15) is 16.8 Å². The summed E-state index contributed by atoms with van der Waals surface area (Å²) in [7, 11) is -6.63. The summed E-state index contributed by atoms with van der Waals surface area (Å²) in [5.41, 5.74) is 5.20. The normalized spacial score (nSPS) is 11.5. The molecule has 0 amide bonds. The average Bonchev–Trinajstić information content (AvgIpc) is 2.92. The maximum atomic E-state index is 12.2. The molecule has 1 N–H and O–H groups in total. The Bertz CT molecular complexity index is 1340. The Morgan fingerprint density at radius 1 is 0.689 bits per heavy atom. The van der Waals surface area contributed by atoms with Gasteiger partial charge < -0.3 is 18.9 Å². The molecule has 0 saturated carbocycles. The number of sulfonamides is 2. The molecule has 2 rings (SSSR count). The van der Waals surface area contributed by atoms with Crippen LogP contribution in [0.1, 0.15) is 49.9 Å². The molecule has 260 valence electrons. The molecule has 2 aromatic rings. The van der Waals surface area contributed by atoms with Gasteiger partial charge in [0.15, 0.2) is 12.6 Å². The minimum atomic E-state index is -3.44. The van der Waals surface area contributed by atoms with Crippen molar-refractivity contribution in [2.75, 3.05) is 59.8 Å². The fourth-order valence-corrected chi connectivity index (χ4v) is 6.15. The van der Waals surface area contributed by atoms with E-state index in [-0.39, 0.29) is 12.8 Å². The zero-order chi connectivity index (χ0) is 35.0. The lowest BCUT2D eigenvalue weighted by Gasteiger charge is -2.28. The van der Waals surface area contributed by atoms with Gasteiger partial charge in [-0.3, -0.25) is 9.03 Å². The van der Waals surface area contributed by atoms with E-state index in [0.29, 0.717) is 37.8 Å². The maximum Gasteiger partial charge on any atom is 0.232 e. The smallest absolute Gasteiger partial charge is 0.232 e. The Kier molecular flexibility index (Phi) is 21.6. The van der Waals surface area contributed by atoms with Crippen molar-refractivity contribution in [3.05, 3.63) is 55.5 Å². The zero-order valence-corrected chi connectivity index (χ0v) is 34.3. The van der Waals surface area contributed by atoms with Crippen molar-refractivity contribution in [1.29, 1.82) is 0 Å². The Morgan fingerprint density at radius 3 is 1.36 bits per heavy atom. The largest absolute Gasteiger partial charge is 0.352 e. The molecule has 0 heterocycles. The Balaban J connectivity index is 0.000000717. The van der Waals surface area contributed by atoms with Crippen molar-refractivity contribution >= 4 is 79.2 Å². The number of ether oxygens (including phenoxy) is 4. The predicted octanol–water partition coefficient (Wildman–Crippen LogP) is 7.45. The number of nitrogens with zero attached hydrogens (tertiary/aromatic N) is 1. The van der Waals surface area contributed by atoms with E-state index in [1.165, 1.54) is 10.6 Å². The van der Waals surface area contributed by atoms with E-state index in [4.69, 9.17) is 18.9 Å². The van der Waals surface area contributed by atoms with Crippen molar-refractivity contribution in [2.45, 2.75) is 68.0 Å². The lowest BCUT2D eigenvalue weighted by Crippen LogP contribution is -2.39. The number of hydrogen-bond donors (Lipinski definition) is 1. The van der Waals surface area contributed by atoms with Gasteiger partial charge in [-0.1, -0.05) is 47.8 Å². The van der Waals surface area contributed by atoms with Gasteiger partial charge in [0, 0.05) is 41.1 Å². The minimum Gasteiger partial charge on any atom is -0.352 e. The third-order valence-corrected chi connectivity index (χ3v) is 10.5. The number of benzene rings is 2. The molecule has 45 heavy (non-hydrogen) atoms. The minimum absolute atomic E-state index is 0.0694. The van der Waals surface area contributed by atoms with Crippen LogP contribution in [0.4, 0.5) is 11.4 Å². The second-order valence-electron chi connectivity index (χ2n) is 9.82. The van der Waals surface area contributed by atoms with Gasteiger partial charge in [0.2, 0.25) is 20.0 Å². The topological polar surface area (TPSA) is 120 Å². The zero-order valence-electron chi connectivity index (χ0n) is 27.9. The third-order valence-electron chi connectivity index (χ3n) is 5.70. The van der Waals surface area contributed by atoms with Crippen LogP contribution in [-0.4, -0.2) is 80.2 Å². The molecule has 2 aromatic carbocycles. The van der Waals surface area contributed by atoms with Crippen LogP contribution in [0.15, 0.2) is 33.2 Å². The van der Waals surface area contributed by atoms with Crippen molar-refractivity contribution in [1.82, 2.24) is 0 Å². The monoisotopic (exact) mass is 866 g/mol. The molecule has 0 atom stereocenters. The van der Waals surface area contributed by atoms with Crippen molar-refractivity contribution in [3.8, 4) is 0 Å². The molecule has 0 aromatic heterocycles. The predicted molar refractivity (Wildman–Crippen MR) is 196 cm³/mol. The highest BCUT2D eigenvalue weighted by atomic mass is 79.9. The highest BCUT2D eigenvalue weighted by molar-refractivity contribution is 9.11. The summed E-state index contributed by atoms with van der Waals surface area (Å²) in [5, 5.41) is 0.745. The fraction of sp³-hybridized carbons (Fsp3) is 0.600. The quantitative estimate of drug-likeness (QED) is 0.145. The van der Waals surface area contributed by atoms with Gasteiger partial charge in [0.25, 0.3) is 0 Å². The van der Waals surface area contributed by atoms with Gasteiger partial charge in [-0.2, -0.15) is 0 Å². The summed E-state index contributed by atoms with van der Waals surface area (Å²) in [5.74, 6) is 0. The van der Waals surface area contributed by atoms with Gasteiger partial charge in [0.05, 0.1) is 30.1 Å². The molecule has 0 spiro atoms. The van der Waals surface area contributed by atoms with Crippen LogP contribution in [0.3, 0.4) is 0 Å². The summed E-state index contributed by atoms with van der Waals surface area (Å²) < 4.78 is 73.4. The van der Waals surface area contributed by atoms with E-state index >= 15 is 0 Å². The SMILES string of the molecule is CCOC(CBr)OCC.CCOC(CN(c1cc(C)c(Br)c(C)c1)S(C)(=O)=O)OCC.Cc1cc(NS(C)(=O)=O)cc(C)c1Br. The average molecular weight is 870 g/mol. The van der Waals surface area contributed by atoms with Gasteiger partial charge in [-0.25, -0.2) is 16.8 Å². The first-order valence-corrected chi connectivity index (χ1v) is 20.8. The van der Waals surface area contributed by atoms with E-state index in [2.05, 4.69) is 52.5 Å². The third kappa shape index (κ3) is 17.8. The second kappa shape index (κ2) is 22.0. The molecule has 0 aliphatic carbocycles. The molecular weight excluding hydrogens is 820 g/mol. The molecule has 10 nitrogen and oxygen atoms in total. The number of halogens is 3. The van der Waals surface area contributed by atoms with Crippen LogP contribution in [0, 0.1) is 27.7 Å². The van der Waals surface area contributed by atoms with E-state index < -0.39 is 26.3 Å². The van der Waals surface area contributed by atoms with Crippen LogP contribution in [0.25, 0.3) is 0 Å². The number of nitrogens with one attached hydrogen (secondary N) is 1. The summed E-state index contributed by atoms with van der Waals surface area (Å²) >= 11 is 10.2. The summed E-state index contributed by atoms with van der Waals surface area (Å²) in [4.78, 5) is 0. The summed E-state index contributed by atoms with van der Waals surface area (Å²) in [6.07, 6.45) is 1.67. The van der Waals surface area contributed by atoms with Crippen LogP contribution in [0.2, 0.25) is 0 Å². The van der Waals surface area contributed by atoms with E-state index in [1.54, 1.807) is 12.1 Å². The number of alkyl halides is 1. The molecule has 0 aliphatic rings. The summed E-state index contributed by atoms with van der Waals surface area (Å²) in [6, 6.07) is 7.26. The molecular formula is C30H49Br3N2O8S2.